The first kappa shape index (κ1) is 25.0. The van der Waals surface area contributed by atoms with E-state index in [0.29, 0.717) is 0 Å². The van der Waals surface area contributed by atoms with Crippen molar-refractivity contribution >= 4 is 0 Å². The highest BCUT2D eigenvalue weighted by Gasteiger charge is 2.25. The molecule has 1 N–H and O–H groups in total. The highest BCUT2D eigenvalue weighted by Crippen LogP contribution is 2.20. The van der Waals surface area contributed by atoms with Crippen LogP contribution < -0.4 is 0 Å². The maximum Gasteiger partial charge on any atom is 0.0879 e. The molecule has 174 valence electrons. The maximum atomic E-state index is 11.4. The lowest BCUT2D eigenvalue weighted by Gasteiger charge is -2.34. The molecule has 0 unspecified atom stereocenters. The van der Waals surface area contributed by atoms with E-state index in [1.54, 1.807) is 0 Å². The number of allylic oxidation sites excluding steroid dienone is 1. The molecule has 0 radical (unpaired) electrons. The highest BCUT2D eigenvalue weighted by atomic mass is 16.3. The average Bonchev–Trinajstić information content (AvgIpc) is 2.86. The SMILES string of the molecule is CCCCCC/C=C/[C@@H](O)[C@H](Cc1ccccc1)N(Cc1ccccc1)Cc1ccccc1. The van der Waals surface area contributed by atoms with E-state index in [9.17, 15) is 5.11 Å². The average molecular weight is 442 g/mol. The molecule has 0 aliphatic heterocycles. The van der Waals surface area contributed by atoms with Gasteiger partial charge in [-0.1, -0.05) is 129 Å². The standard InChI is InChI=1S/C31H39NO/c1-2-3-4-5-6-16-23-31(33)30(24-27-17-10-7-11-18-27)32(25-28-19-12-8-13-20-28)26-29-21-14-9-15-22-29/h7-23,30-31,33H,2-6,24-26H2,1H3/b23-16+/t30-,31+/m0/s1. The van der Waals surface area contributed by atoms with E-state index in [2.05, 4.69) is 109 Å². The second kappa shape index (κ2) is 14.5. The fourth-order valence-electron chi connectivity index (χ4n) is 4.30. The molecule has 2 atom stereocenters. The van der Waals surface area contributed by atoms with Gasteiger partial charge in [0.25, 0.3) is 0 Å². The summed E-state index contributed by atoms with van der Waals surface area (Å²) in [6.07, 6.45) is 10.5. The zero-order valence-corrected chi connectivity index (χ0v) is 20.0. The second-order valence-corrected chi connectivity index (χ2v) is 8.90. The van der Waals surface area contributed by atoms with Crippen LogP contribution in [-0.4, -0.2) is 22.2 Å². The fourth-order valence-corrected chi connectivity index (χ4v) is 4.30. The van der Waals surface area contributed by atoms with Gasteiger partial charge in [0, 0.05) is 19.1 Å². The number of rotatable bonds is 14. The summed E-state index contributed by atoms with van der Waals surface area (Å²) < 4.78 is 0. The summed E-state index contributed by atoms with van der Waals surface area (Å²) in [5.74, 6) is 0. The minimum Gasteiger partial charge on any atom is -0.387 e. The van der Waals surface area contributed by atoms with Crippen molar-refractivity contribution in [1.29, 1.82) is 0 Å². The number of aliphatic hydroxyl groups is 1. The van der Waals surface area contributed by atoms with Crippen molar-refractivity contribution in [1.82, 2.24) is 4.90 Å². The quantitative estimate of drug-likeness (QED) is 0.211. The number of nitrogens with zero attached hydrogens (tertiary/aromatic N) is 1. The maximum absolute atomic E-state index is 11.4. The van der Waals surface area contributed by atoms with Gasteiger partial charge in [-0.3, -0.25) is 4.90 Å². The Labute approximate surface area is 200 Å². The van der Waals surface area contributed by atoms with E-state index in [-0.39, 0.29) is 6.04 Å². The number of hydrogen-bond donors (Lipinski definition) is 1. The lowest BCUT2D eigenvalue weighted by molar-refractivity contribution is 0.0669. The smallest absolute Gasteiger partial charge is 0.0879 e. The Morgan fingerprint density at radius 2 is 1.21 bits per heavy atom. The molecule has 0 bridgehead atoms. The van der Waals surface area contributed by atoms with Crippen LogP contribution in [0.4, 0.5) is 0 Å². The summed E-state index contributed by atoms with van der Waals surface area (Å²) in [5.41, 5.74) is 3.79. The molecule has 3 aromatic carbocycles. The molecular formula is C31H39NO. The second-order valence-electron chi connectivity index (χ2n) is 8.90. The molecule has 2 nitrogen and oxygen atoms in total. The minimum absolute atomic E-state index is 0.0142. The van der Waals surface area contributed by atoms with Gasteiger partial charge < -0.3 is 5.11 Å². The van der Waals surface area contributed by atoms with Crippen LogP contribution in [0.25, 0.3) is 0 Å². The van der Waals surface area contributed by atoms with E-state index < -0.39 is 6.10 Å². The van der Waals surface area contributed by atoms with E-state index in [1.807, 2.05) is 6.08 Å². The van der Waals surface area contributed by atoms with E-state index in [0.717, 1.165) is 25.9 Å². The van der Waals surface area contributed by atoms with Gasteiger partial charge in [0.05, 0.1) is 6.10 Å². The largest absolute Gasteiger partial charge is 0.387 e. The van der Waals surface area contributed by atoms with Gasteiger partial charge >= 0.3 is 0 Å². The number of aliphatic hydroxyl groups excluding tert-OH is 1. The molecule has 3 rings (SSSR count). The molecule has 33 heavy (non-hydrogen) atoms. The summed E-state index contributed by atoms with van der Waals surface area (Å²) in [6.45, 7) is 3.84. The summed E-state index contributed by atoms with van der Waals surface area (Å²) in [6, 6.07) is 31.7. The molecular weight excluding hydrogens is 402 g/mol. The van der Waals surface area contributed by atoms with Gasteiger partial charge in [0.15, 0.2) is 0 Å². The van der Waals surface area contributed by atoms with Crippen molar-refractivity contribution < 1.29 is 5.11 Å². The number of unbranched alkanes of at least 4 members (excludes halogenated alkanes) is 4. The zero-order chi connectivity index (χ0) is 23.1. The molecule has 0 saturated carbocycles. The first-order valence-corrected chi connectivity index (χ1v) is 12.5. The van der Waals surface area contributed by atoms with Crippen molar-refractivity contribution in [2.45, 2.75) is 70.7 Å². The molecule has 0 aliphatic rings. The number of benzene rings is 3. The summed E-state index contributed by atoms with van der Waals surface area (Å²) in [5, 5.41) is 11.4. The van der Waals surface area contributed by atoms with Gasteiger partial charge in [-0.15, -0.1) is 0 Å². The normalized spacial score (nSPS) is 13.4. The molecule has 0 aliphatic carbocycles. The third-order valence-electron chi connectivity index (χ3n) is 6.17. The molecule has 0 aromatic heterocycles. The number of hydrogen-bond acceptors (Lipinski definition) is 2. The Morgan fingerprint density at radius 3 is 1.73 bits per heavy atom. The van der Waals surface area contributed by atoms with Gasteiger partial charge in [-0.2, -0.15) is 0 Å². The molecule has 0 saturated heterocycles. The predicted molar refractivity (Wildman–Crippen MR) is 140 cm³/mol. The third-order valence-corrected chi connectivity index (χ3v) is 6.17. The van der Waals surface area contributed by atoms with Crippen LogP contribution in [0.15, 0.2) is 103 Å². The third kappa shape index (κ3) is 9.00. The van der Waals surface area contributed by atoms with Crippen molar-refractivity contribution in [2.75, 3.05) is 0 Å². The van der Waals surface area contributed by atoms with E-state index in [4.69, 9.17) is 0 Å². The first-order chi connectivity index (χ1) is 16.3. The van der Waals surface area contributed by atoms with Crippen molar-refractivity contribution in [3.63, 3.8) is 0 Å². The molecule has 0 fully saturated rings. The lowest BCUT2D eigenvalue weighted by atomic mass is 9.97. The van der Waals surface area contributed by atoms with Crippen molar-refractivity contribution in [3.8, 4) is 0 Å². The van der Waals surface area contributed by atoms with E-state index in [1.165, 1.54) is 42.4 Å². The zero-order valence-electron chi connectivity index (χ0n) is 20.0. The van der Waals surface area contributed by atoms with Crippen LogP contribution in [0.3, 0.4) is 0 Å². The molecule has 0 spiro atoms. The summed E-state index contributed by atoms with van der Waals surface area (Å²) in [7, 11) is 0. The predicted octanol–water partition coefficient (Wildman–Crippen LogP) is 7.19. The molecule has 0 amide bonds. The van der Waals surface area contributed by atoms with Gasteiger partial charge in [0.2, 0.25) is 0 Å². The van der Waals surface area contributed by atoms with Crippen LogP contribution >= 0.6 is 0 Å². The first-order valence-electron chi connectivity index (χ1n) is 12.5. The molecule has 0 heterocycles. The van der Waals surface area contributed by atoms with Crippen LogP contribution in [0.1, 0.15) is 55.7 Å². The minimum atomic E-state index is -0.524. The van der Waals surface area contributed by atoms with Gasteiger partial charge in [0.1, 0.15) is 0 Å². The van der Waals surface area contributed by atoms with Crippen LogP contribution in [-0.2, 0) is 19.5 Å². The Morgan fingerprint density at radius 1 is 0.697 bits per heavy atom. The van der Waals surface area contributed by atoms with Gasteiger partial charge in [-0.25, -0.2) is 0 Å². The Kier molecular flexibility index (Phi) is 10.9. The monoisotopic (exact) mass is 441 g/mol. The Hall–Kier alpha value is -2.68. The van der Waals surface area contributed by atoms with Crippen LogP contribution in [0.5, 0.6) is 0 Å². The fraction of sp³-hybridized carbons (Fsp3) is 0.355. The highest BCUT2D eigenvalue weighted by molar-refractivity contribution is 5.20. The topological polar surface area (TPSA) is 23.5 Å². The van der Waals surface area contributed by atoms with Crippen molar-refractivity contribution in [2.24, 2.45) is 0 Å². The summed E-state index contributed by atoms with van der Waals surface area (Å²) in [4.78, 5) is 2.43. The van der Waals surface area contributed by atoms with Gasteiger partial charge in [-0.05, 0) is 36.0 Å². The van der Waals surface area contributed by atoms with Crippen LogP contribution in [0, 0.1) is 0 Å². The molecule has 3 aromatic rings. The molecule has 2 heteroatoms. The van der Waals surface area contributed by atoms with Crippen molar-refractivity contribution in [3.05, 3.63) is 120 Å². The summed E-state index contributed by atoms with van der Waals surface area (Å²) >= 11 is 0. The van der Waals surface area contributed by atoms with E-state index >= 15 is 0 Å². The Balaban J connectivity index is 1.82. The Bertz CT molecular complexity index is 866. The lowest BCUT2D eigenvalue weighted by Crippen LogP contribution is -2.43. The van der Waals surface area contributed by atoms with Crippen LogP contribution in [0.2, 0.25) is 0 Å².